The van der Waals surface area contributed by atoms with Gasteiger partial charge in [-0.15, -0.1) is 0 Å². The highest BCUT2D eigenvalue weighted by Crippen LogP contribution is 2.33. The highest BCUT2D eigenvalue weighted by atomic mass is 16.8. The third-order valence-electron chi connectivity index (χ3n) is 14.0. The maximum atomic E-state index is 13.3. The van der Waals surface area contributed by atoms with Gasteiger partial charge in [-0.3, -0.25) is 4.79 Å². The van der Waals surface area contributed by atoms with Gasteiger partial charge in [0.15, 0.2) is 18.9 Å². The van der Waals surface area contributed by atoms with Gasteiger partial charge in [0.2, 0.25) is 5.91 Å². The molecule has 3 aliphatic rings. The van der Waals surface area contributed by atoms with E-state index in [0.717, 1.165) is 70.6 Å². The molecule has 422 valence electrons. The van der Waals surface area contributed by atoms with Gasteiger partial charge < -0.3 is 89.9 Å². The average Bonchev–Trinajstić information content (AvgIpc) is 3.37. The lowest BCUT2D eigenvalue weighted by Crippen LogP contribution is -2.66. The van der Waals surface area contributed by atoms with Gasteiger partial charge in [-0.05, 0) is 44.9 Å². The highest BCUT2D eigenvalue weighted by Gasteiger charge is 2.53. The predicted octanol–water partition coefficient (Wildman–Crippen LogP) is 3.20. The molecule has 3 aliphatic heterocycles. The number of hydrogen-bond acceptors (Lipinski definition) is 18. The van der Waals surface area contributed by atoms with Crippen molar-refractivity contribution >= 4 is 5.91 Å². The molecule has 1 amide bonds. The van der Waals surface area contributed by atoms with Crippen molar-refractivity contribution in [3.8, 4) is 0 Å². The number of hydrogen-bond donors (Lipinski definition) is 12. The number of aliphatic hydroxyl groups is 11. The summed E-state index contributed by atoms with van der Waals surface area (Å²) >= 11 is 0. The predicted molar refractivity (Wildman–Crippen MR) is 268 cm³/mol. The molecule has 0 aromatic heterocycles. The largest absolute Gasteiger partial charge is 0.394 e. The Kier molecular flexibility index (Phi) is 34.0. The van der Waals surface area contributed by atoms with Crippen LogP contribution in [0.4, 0.5) is 0 Å². The topological polar surface area (TPSA) is 307 Å². The molecule has 0 bridgehead atoms. The van der Waals surface area contributed by atoms with E-state index in [1.54, 1.807) is 0 Å². The molecule has 0 aromatic rings. The van der Waals surface area contributed by atoms with Gasteiger partial charge in [-0.25, -0.2) is 0 Å². The molecule has 72 heavy (non-hydrogen) atoms. The number of nitrogens with one attached hydrogen (secondary N) is 1. The van der Waals surface area contributed by atoms with Crippen LogP contribution in [0.15, 0.2) is 24.3 Å². The molecule has 17 atom stereocenters. The van der Waals surface area contributed by atoms with Crippen molar-refractivity contribution in [3.05, 3.63) is 24.3 Å². The van der Waals surface area contributed by atoms with Crippen LogP contribution in [0.2, 0.25) is 0 Å². The summed E-state index contributed by atoms with van der Waals surface area (Å²) in [7, 11) is 0. The minimum absolute atomic E-state index is 0.255. The summed E-state index contributed by atoms with van der Waals surface area (Å²) in [6, 6.07) is -0.887. The third kappa shape index (κ3) is 22.9. The molecule has 0 saturated carbocycles. The van der Waals surface area contributed by atoms with Crippen molar-refractivity contribution in [1.82, 2.24) is 5.32 Å². The maximum Gasteiger partial charge on any atom is 0.220 e. The second-order valence-corrected chi connectivity index (χ2v) is 20.0. The van der Waals surface area contributed by atoms with Crippen molar-refractivity contribution in [2.24, 2.45) is 0 Å². The van der Waals surface area contributed by atoms with Gasteiger partial charge in [0.1, 0.15) is 73.2 Å². The molecule has 17 unspecified atom stereocenters. The zero-order valence-corrected chi connectivity index (χ0v) is 43.4. The molecule has 3 fully saturated rings. The van der Waals surface area contributed by atoms with Crippen LogP contribution in [0.3, 0.4) is 0 Å². The van der Waals surface area contributed by atoms with E-state index < -0.39 is 124 Å². The summed E-state index contributed by atoms with van der Waals surface area (Å²) < 4.78 is 34.2. The first-order valence-electron chi connectivity index (χ1n) is 27.6. The van der Waals surface area contributed by atoms with Crippen LogP contribution in [0.5, 0.6) is 0 Å². The van der Waals surface area contributed by atoms with Crippen LogP contribution < -0.4 is 5.32 Å². The van der Waals surface area contributed by atoms with E-state index in [1.165, 1.54) is 70.6 Å². The van der Waals surface area contributed by atoms with Crippen molar-refractivity contribution < 1.29 is 89.4 Å². The molecule has 3 saturated heterocycles. The van der Waals surface area contributed by atoms with Gasteiger partial charge in [-0.1, -0.05) is 147 Å². The molecule has 0 aromatic carbocycles. The lowest BCUT2D eigenvalue weighted by molar-refractivity contribution is -0.379. The number of aliphatic hydroxyl groups excluding tert-OH is 11. The van der Waals surface area contributed by atoms with Crippen molar-refractivity contribution in [2.45, 2.75) is 279 Å². The van der Waals surface area contributed by atoms with E-state index in [-0.39, 0.29) is 18.9 Å². The molecule has 0 radical (unpaired) electrons. The number of allylic oxidation sites excluding steroid dienone is 4. The Bertz CT molecular complexity index is 1430. The zero-order valence-electron chi connectivity index (χ0n) is 43.4. The molecular formula is C53H97NO18. The quantitative estimate of drug-likeness (QED) is 0.0311. The van der Waals surface area contributed by atoms with E-state index in [0.29, 0.717) is 12.8 Å². The van der Waals surface area contributed by atoms with E-state index >= 15 is 0 Å². The van der Waals surface area contributed by atoms with Crippen molar-refractivity contribution in [2.75, 3.05) is 26.4 Å². The minimum Gasteiger partial charge on any atom is -0.394 e. The summed E-state index contributed by atoms with van der Waals surface area (Å²) in [6.45, 7) is 1.71. The molecule has 3 heterocycles. The fourth-order valence-corrected chi connectivity index (χ4v) is 9.40. The maximum absolute atomic E-state index is 13.3. The number of amides is 1. The van der Waals surface area contributed by atoms with Crippen molar-refractivity contribution in [3.63, 3.8) is 0 Å². The average molecular weight is 1040 g/mol. The van der Waals surface area contributed by atoms with Crippen LogP contribution in [0, 0.1) is 0 Å². The smallest absolute Gasteiger partial charge is 0.220 e. The molecule has 19 heteroatoms. The van der Waals surface area contributed by atoms with Gasteiger partial charge in [0.05, 0.1) is 38.6 Å². The van der Waals surface area contributed by atoms with Crippen molar-refractivity contribution in [1.29, 1.82) is 0 Å². The molecule has 0 spiro atoms. The lowest BCUT2D eigenvalue weighted by atomic mass is 9.96. The normalized spacial score (nSPS) is 32.2. The van der Waals surface area contributed by atoms with Crippen LogP contribution in [0.1, 0.15) is 174 Å². The number of ether oxygens (including phenoxy) is 6. The first kappa shape index (κ1) is 64.6. The summed E-state index contributed by atoms with van der Waals surface area (Å²) in [5.74, 6) is -0.255. The zero-order chi connectivity index (χ0) is 52.7. The second kappa shape index (κ2) is 37.9. The first-order chi connectivity index (χ1) is 34.8. The number of carbonyl (C=O) groups excluding carboxylic acids is 1. The van der Waals surface area contributed by atoms with E-state index in [2.05, 4.69) is 43.5 Å². The SMILES string of the molecule is CCCCCC/C=C\C/C=C\CCCCCCCCCC(=O)NC(COC1OC(CO)C(OC2OC(CO)C(OC3OC(CO)C(O)C(O)C3O)C(O)C2O)C(O)C1O)C(O)CCCCCCCCCCC. The van der Waals surface area contributed by atoms with E-state index in [4.69, 9.17) is 28.4 Å². The van der Waals surface area contributed by atoms with Gasteiger partial charge in [0, 0.05) is 6.42 Å². The minimum atomic E-state index is -1.97. The van der Waals surface area contributed by atoms with Crippen LogP contribution >= 0.6 is 0 Å². The first-order valence-corrected chi connectivity index (χ1v) is 27.6. The third-order valence-corrected chi connectivity index (χ3v) is 14.0. The molecule has 12 N–H and O–H groups in total. The summed E-state index contributed by atoms with van der Waals surface area (Å²) in [4.78, 5) is 13.3. The fraction of sp³-hybridized carbons (Fsp3) is 0.906. The molecule has 3 rings (SSSR count). The molecular weight excluding hydrogens is 939 g/mol. The number of rotatable bonds is 39. The second-order valence-electron chi connectivity index (χ2n) is 20.0. The van der Waals surface area contributed by atoms with Gasteiger partial charge in [0.25, 0.3) is 0 Å². The Morgan fingerprint density at radius 3 is 1.43 bits per heavy atom. The summed E-state index contributed by atoms with van der Waals surface area (Å²) in [5.41, 5.74) is 0. The van der Waals surface area contributed by atoms with Gasteiger partial charge >= 0.3 is 0 Å². The van der Waals surface area contributed by atoms with E-state index in [1.807, 2.05) is 0 Å². The van der Waals surface area contributed by atoms with Crippen LogP contribution in [-0.4, -0.2) is 193 Å². The lowest BCUT2D eigenvalue weighted by Gasteiger charge is -2.48. The molecule has 0 aliphatic carbocycles. The highest BCUT2D eigenvalue weighted by molar-refractivity contribution is 5.76. The Morgan fingerprint density at radius 1 is 0.500 bits per heavy atom. The Morgan fingerprint density at radius 2 is 0.917 bits per heavy atom. The standard InChI is InChI=1S/C53H97NO18/c1-3-5-7-9-11-13-14-15-16-17-18-19-20-21-23-25-27-29-31-41(59)54-36(37(58)30-28-26-24-22-12-10-8-6-4-2)35-67-51-47(65)44(62)49(39(33-56)69-51)72-53-48(66)45(63)50(40(34-57)70-53)71-52-46(64)43(61)42(60)38(32-55)68-52/h13-14,16-17,36-40,42-53,55-58,60-66H,3-12,15,18-35H2,1-2H3,(H,54,59)/b14-13-,17-16-. The number of carbonyl (C=O) groups is 1. The van der Waals surface area contributed by atoms with E-state index in [9.17, 15) is 61.0 Å². The monoisotopic (exact) mass is 1040 g/mol. The van der Waals surface area contributed by atoms with Crippen LogP contribution in [-0.2, 0) is 33.2 Å². The summed E-state index contributed by atoms with van der Waals surface area (Å²) in [6.07, 6.45) is 8.59. The Labute approximate surface area is 428 Å². The Balaban J connectivity index is 1.50. The Hall–Kier alpha value is -1.73. The summed E-state index contributed by atoms with van der Waals surface area (Å²) in [5, 5.41) is 120. The van der Waals surface area contributed by atoms with Gasteiger partial charge in [-0.2, -0.15) is 0 Å². The molecule has 19 nitrogen and oxygen atoms in total. The van der Waals surface area contributed by atoms with Crippen LogP contribution in [0.25, 0.3) is 0 Å². The fourth-order valence-electron chi connectivity index (χ4n) is 9.40. The number of unbranched alkanes of at least 4 members (excludes halogenated alkanes) is 19.